The van der Waals surface area contributed by atoms with Crippen LogP contribution in [0, 0.1) is 0 Å². The number of carbonyl (C=O) groups is 1. The highest BCUT2D eigenvalue weighted by molar-refractivity contribution is 6.30. The number of nitrogen functional groups attached to an aromatic ring is 1. The molecule has 1 aromatic rings. The largest absolute Gasteiger partial charge is 0.468 e. The fourth-order valence-electron chi connectivity index (χ4n) is 1.47. The SMILES string of the molecule is COC(=O)[C@H](C)N(C)Cc1ccc(Cl)cc1N. The molecule has 4 nitrogen and oxygen atoms in total. The second-order valence-corrected chi connectivity index (χ2v) is 4.39. The molecule has 0 saturated carbocycles. The fraction of sp³-hybridized carbons (Fsp3) is 0.417. The van der Waals surface area contributed by atoms with Gasteiger partial charge in [-0.2, -0.15) is 0 Å². The average molecular weight is 257 g/mol. The number of halogens is 1. The van der Waals surface area contributed by atoms with Crippen molar-refractivity contribution in [1.82, 2.24) is 4.90 Å². The predicted octanol–water partition coefficient (Wildman–Crippen LogP) is 1.92. The van der Waals surface area contributed by atoms with Gasteiger partial charge in [-0.15, -0.1) is 0 Å². The van der Waals surface area contributed by atoms with Gasteiger partial charge in [0, 0.05) is 17.3 Å². The molecule has 0 radical (unpaired) electrons. The molecule has 0 bridgehead atoms. The van der Waals surface area contributed by atoms with Gasteiger partial charge in [0.25, 0.3) is 0 Å². The lowest BCUT2D eigenvalue weighted by Crippen LogP contribution is -2.36. The van der Waals surface area contributed by atoms with Crippen molar-refractivity contribution < 1.29 is 9.53 Å². The number of benzene rings is 1. The topological polar surface area (TPSA) is 55.6 Å². The molecule has 0 amide bonds. The molecule has 94 valence electrons. The molecule has 0 fully saturated rings. The van der Waals surface area contributed by atoms with Crippen LogP contribution >= 0.6 is 11.6 Å². The standard InChI is InChI=1S/C12H17ClN2O2/c1-8(12(16)17-3)15(2)7-9-4-5-10(13)6-11(9)14/h4-6,8H,7,14H2,1-3H3/t8-/m0/s1. The summed E-state index contributed by atoms with van der Waals surface area (Å²) in [5, 5.41) is 0.606. The van der Waals surface area contributed by atoms with E-state index in [4.69, 9.17) is 17.3 Å². The highest BCUT2D eigenvalue weighted by Crippen LogP contribution is 2.19. The van der Waals surface area contributed by atoms with Gasteiger partial charge in [-0.25, -0.2) is 0 Å². The number of ether oxygens (including phenoxy) is 1. The van der Waals surface area contributed by atoms with E-state index in [0.29, 0.717) is 17.3 Å². The van der Waals surface area contributed by atoms with Crippen molar-refractivity contribution in [2.75, 3.05) is 19.9 Å². The lowest BCUT2D eigenvalue weighted by molar-refractivity contribution is -0.145. The predicted molar refractivity (Wildman–Crippen MR) is 68.8 cm³/mol. The Morgan fingerprint density at radius 3 is 2.76 bits per heavy atom. The highest BCUT2D eigenvalue weighted by Gasteiger charge is 2.19. The molecular formula is C12H17ClN2O2. The first-order valence-electron chi connectivity index (χ1n) is 5.27. The first kappa shape index (κ1) is 13.8. The molecule has 0 aromatic heterocycles. The average Bonchev–Trinajstić information content (AvgIpc) is 2.30. The van der Waals surface area contributed by atoms with E-state index < -0.39 is 0 Å². The van der Waals surface area contributed by atoms with Gasteiger partial charge in [0.05, 0.1) is 7.11 Å². The zero-order chi connectivity index (χ0) is 13.0. The number of nitrogens with zero attached hydrogens (tertiary/aromatic N) is 1. The molecular weight excluding hydrogens is 240 g/mol. The van der Waals surface area contributed by atoms with E-state index in [-0.39, 0.29) is 12.0 Å². The van der Waals surface area contributed by atoms with Gasteiger partial charge in [0.1, 0.15) is 6.04 Å². The number of esters is 1. The minimum Gasteiger partial charge on any atom is -0.468 e. The van der Waals surface area contributed by atoms with Gasteiger partial charge in [-0.05, 0) is 31.7 Å². The first-order chi connectivity index (χ1) is 7.95. The van der Waals surface area contributed by atoms with Crippen LogP contribution in [0.1, 0.15) is 12.5 Å². The van der Waals surface area contributed by atoms with Gasteiger partial charge in [0.2, 0.25) is 0 Å². The van der Waals surface area contributed by atoms with Crippen molar-refractivity contribution in [2.45, 2.75) is 19.5 Å². The number of nitrogens with two attached hydrogens (primary N) is 1. The van der Waals surface area contributed by atoms with Gasteiger partial charge >= 0.3 is 5.97 Å². The van der Waals surface area contributed by atoms with E-state index in [2.05, 4.69) is 4.74 Å². The summed E-state index contributed by atoms with van der Waals surface area (Å²) in [7, 11) is 3.22. The van der Waals surface area contributed by atoms with Crippen LogP contribution in [0.3, 0.4) is 0 Å². The Hall–Kier alpha value is -1.26. The summed E-state index contributed by atoms with van der Waals surface area (Å²) in [5.74, 6) is -0.264. The summed E-state index contributed by atoms with van der Waals surface area (Å²) in [4.78, 5) is 13.2. The number of carbonyl (C=O) groups excluding carboxylic acids is 1. The molecule has 0 spiro atoms. The van der Waals surface area contributed by atoms with Gasteiger partial charge in [-0.3, -0.25) is 9.69 Å². The van der Waals surface area contributed by atoms with E-state index >= 15 is 0 Å². The maximum atomic E-state index is 11.4. The Balaban J connectivity index is 2.74. The molecule has 5 heteroatoms. The number of hydrogen-bond acceptors (Lipinski definition) is 4. The van der Waals surface area contributed by atoms with Gasteiger partial charge in [-0.1, -0.05) is 17.7 Å². The van der Waals surface area contributed by atoms with Gasteiger partial charge in [0.15, 0.2) is 0 Å². The monoisotopic (exact) mass is 256 g/mol. The van der Waals surface area contributed by atoms with Crippen LogP contribution in [0.5, 0.6) is 0 Å². The maximum Gasteiger partial charge on any atom is 0.322 e. The van der Waals surface area contributed by atoms with Crippen LogP contribution < -0.4 is 5.73 Å². The van der Waals surface area contributed by atoms with Crippen LogP contribution in [0.2, 0.25) is 5.02 Å². The molecule has 1 atom stereocenters. The molecule has 1 aromatic carbocycles. The van der Waals surface area contributed by atoms with E-state index in [9.17, 15) is 4.79 Å². The third-order valence-electron chi connectivity index (χ3n) is 2.73. The van der Waals surface area contributed by atoms with Crippen LogP contribution in [0.25, 0.3) is 0 Å². The molecule has 0 aliphatic carbocycles. The Morgan fingerprint density at radius 1 is 1.59 bits per heavy atom. The summed E-state index contributed by atoms with van der Waals surface area (Å²) in [6.45, 7) is 2.36. The summed E-state index contributed by atoms with van der Waals surface area (Å²) in [5.41, 5.74) is 7.42. The zero-order valence-electron chi connectivity index (χ0n) is 10.2. The van der Waals surface area contributed by atoms with Crippen LogP contribution in [-0.2, 0) is 16.1 Å². The molecule has 0 heterocycles. The molecule has 0 aliphatic heterocycles. The second kappa shape index (κ2) is 5.89. The summed E-state index contributed by atoms with van der Waals surface area (Å²) in [6, 6.07) is 5.03. The molecule has 0 unspecified atom stereocenters. The minimum absolute atomic E-state index is 0.264. The molecule has 0 saturated heterocycles. The third kappa shape index (κ3) is 3.61. The number of anilines is 1. The maximum absolute atomic E-state index is 11.4. The van der Waals surface area contributed by atoms with Crippen molar-refractivity contribution in [2.24, 2.45) is 0 Å². The van der Waals surface area contributed by atoms with E-state index in [0.717, 1.165) is 5.56 Å². The Labute approximate surface area is 106 Å². The molecule has 2 N–H and O–H groups in total. The molecule has 1 rings (SSSR count). The first-order valence-corrected chi connectivity index (χ1v) is 5.65. The summed E-state index contributed by atoms with van der Waals surface area (Å²) in [6.07, 6.45) is 0. The third-order valence-corrected chi connectivity index (χ3v) is 2.97. The van der Waals surface area contributed by atoms with Crippen molar-refractivity contribution in [3.05, 3.63) is 28.8 Å². The fourth-order valence-corrected chi connectivity index (χ4v) is 1.65. The Bertz CT molecular complexity index is 409. The molecule has 0 aliphatic rings. The quantitative estimate of drug-likeness (QED) is 0.661. The van der Waals surface area contributed by atoms with Crippen molar-refractivity contribution in [3.63, 3.8) is 0 Å². The second-order valence-electron chi connectivity index (χ2n) is 3.96. The van der Waals surface area contributed by atoms with E-state index in [1.54, 1.807) is 19.1 Å². The van der Waals surface area contributed by atoms with Crippen molar-refractivity contribution in [1.29, 1.82) is 0 Å². The van der Waals surface area contributed by atoms with Crippen molar-refractivity contribution >= 4 is 23.3 Å². The normalized spacial score (nSPS) is 12.5. The number of rotatable bonds is 4. The lowest BCUT2D eigenvalue weighted by Gasteiger charge is -2.23. The highest BCUT2D eigenvalue weighted by atomic mass is 35.5. The van der Waals surface area contributed by atoms with Crippen molar-refractivity contribution in [3.8, 4) is 0 Å². The Kier molecular flexibility index (Phi) is 4.78. The van der Waals surface area contributed by atoms with Crippen LogP contribution in [0.4, 0.5) is 5.69 Å². The Morgan fingerprint density at radius 2 is 2.24 bits per heavy atom. The number of likely N-dealkylation sites (N-methyl/N-ethyl adjacent to an activating group) is 1. The molecule has 17 heavy (non-hydrogen) atoms. The zero-order valence-corrected chi connectivity index (χ0v) is 11.0. The van der Waals surface area contributed by atoms with Crippen LogP contribution in [-0.4, -0.2) is 31.1 Å². The lowest BCUT2D eigenvalue weighted by atomic mass is 10.1. The number of methoxy groups -OCH3 is 1. The summed E-state index contributed by atoms with van der Waals surface area (Å²) < 4.78 is 4.69. The van der Waals surface area contributed by atoms with E-state index in [1.165, 1.54) is 7.11 Å². The number of hydrogen-bond donors (Lipinski definition) is 1. The minimum atomic E-state index is -0.310. The summed E-state index contributed by atoms with van der Waals surface area (Å²) >= 11 is 5.82. The van der Waals surface area contributed by atoms with Crippen LogP contribution in [0.15, 0.2) is 18.2 Å². The van der Waals surface area contributed by atoms with Gasteiger partial charge < -0.3 is 10.5 Å². The smallest absolute Gasteiger partial charge is 0.322 e. The van der Waals surface area contributed by atoms with E-state index in [1.807, 2.05) is 18.0 Å².